The van der Waals surface area contributed by atoms with Crippen molar-refractivity contribution in [1.82, 2.24) is 4.98 Å². The summed E-state index contributed by atoms with van der Waals surface area (Å²) in [6, 6.07) is 3.09. The third kappa shape index (κ3) is 4.01. The van der Waals surface area contributed by atoms with Gasteiger partial charge in [-0.05, 0) is 52.2 Å². The van der Waals surface area contributed by atoms with Gasteiger partial charge in [-0.3, -0.25) is 4.98 Å². The number of hydrogen-bond acceptors (Lipinski definition) is 2. The number of alkyl halides is 3. The minimum Gasteiger partial charge on any atom is -0.324 e. The molecule has 0 bridgehead atoms. The van der Waals surface area contributed by atoms with Gasteiger partial charge in [-0.1, -0.05) is 0 Å². The maximum absolute atomic E-state index is 13.7. The van der Waals surface area contributed by atoms with E-state index < -0.39 is 23.6 Å². The molecule has 0 saturated heterocycles. The van der Waals surface area contributed by atoms with Crippen molar-refractivity contribution < 1.29 is 17.6 Å². The summed E-state index contributed by atoms with van der Waals surface area (Å²) < 4.78 is 52.4. The molecule has 2 aromatic rings. The second-order valence-electron chi connectivity index (χ2n) is 4.56. The Hall–Kier alpha value is -1.47. The van der Waals surface area contributed by atoms with Crippen molar-refractivity contribution in [3.05, 3.63) is 63.6 Å². The molecule has 2 nitrogen and oxygen atoms in total. The molecule has 0 fully saturated rings. The van der Waals surface area contributed by atoms with E-state index in [1.54, 1.807) is 12.3 Å². The number of nitrogens with zero attached hydrogens (tertiary/aromatic N) is 1. The second-order valence-corrected chi connectivity index (χ2v) is 5.47. The Morgan fingerprint density at radius 2 is 1.90 bits per heavy atom. The molecule has 21 heavy (non-hydrogen) atoms. The van der Waals surface area contributed by atoms with Crippen LogP contribution in [0, 0.1) is 5.82 Å². The van der Waals surface area contributed by atoms with Crippen molar-refractivity contribution in [2.45, 2.75) is 18.6 Å². The lowest BCUT2D eigenvalue weighted by molar-refractivity contribution is -0.137. The van der Waals surface area contributed by atoms with Gasteiger partial charge in [0.15, 0.2) is 0 Å². The Bertz CT molecular complexity index is 643. The van der Waals surface area contributed by atoms with E-state index in [1.165, 1.54) is 6.20 Å². The Kier molecular flexibility index (Phi) is 4.63. The van der Waals surface area contributed by atoms with E-state index in [4.69, 9.17) is 5.73 Å². The molecule has 1 unspecified atom stereocenters. The van der Waals surface area contributed by atoms with Crippen LogP contribution in [0.4, 0.5) is 17.6 Å². The fourth-order valence-corrected chi connectivity index (χ4v) is 2.35. The molecule has 0 amide bonds. The standard InChI is InChI=1S/C14H11BrF4N2/c15-10-3-8(6-21-7-10)4-13(20)11-5-9(14(17,18)19)1-2-12(11)16/h1-3,5-7,13H,4,20H2. The molecule has 1 atom stereocenters. The molecule has 2 rings (SSSR count). The average Bonchev–Trinajstić information content (AvgIpc) is 2.37. The molecular weight excluding hydrogens is 352 g/mol. The fourth-order valence-electron chi connectivity index (χ4n) is 1.94. The number of nitrogens with two attached hydrogens (primary N) is 1. The molecule has 112 valence electrons. The summed E-state index contributed by atoms with van der Waals surface area (Å²) in [5.41, 5.74) is 5.46. The van der Waals surface area contributed by atoms with Crippen LogP contribution in [0.3, 0.4) is 0 Å². The van der Waals surface area contributed by atoms with Crippen molar-refractivity contribution in [3.63, 3.8) is 0 Å². The van der Waals surface area contributed by atoms with Gasteiger partial charge in [-0.15, -0.1) is 0 Å². The van der Waals surface area contributed by atoms with Gasteiger partial charge in [0.1, 0.15) is 5.82 Å². The van der Waals surface area contributed by atoms with Gasteiger partial charge in [0.25, 0.3) is 0 Å². The van der Waals surface area contributed by atoms with E-state index in [0.717, 1.165) is 16.6 Å². The normalized spacial score (nSPS) is 13.2. The van der Waals surface area contributed by atoms with E-state index in [9.17, 15) is 17.6 Å². The number of aromatic nitrogens is 1. The smallest absolute Gasteiger partial charge is 0.324 e. The zero-order valence-corrected chi connectivity index (χ0v) is 12.2. The Morgan fingerprint density at radius 1 is 1.19 bits per heavy atom. The largest absolute Gasteiger partial charge is 0.416 e. The molecule has 1 aromatic carbocycles. The van der Waals surface area contributed by atoms with Crippen LogP contribution in [0.25, 0.3) is 0 Å². The summed E-state index contributed by atoms with van der Waals surface area (Å²) in [4.78, 5) is 3.93. The van der Waals surface area contributed by atoms with Crippen molar-refractivity contribution in [2.75, 3.05) is 0 Å². The van der Waals surface area contributed by atoms with Crippen LogP contribution in [-0.2, 0) is 12.6 Å². The molecular formula is C14H11BrF4N2. The molecule has 0 aliphatic rings. The maximum atomic E-state index is 13.7. The SMILES string of the molecule is NC(Cc1cncc(Br)c1)c1cc(C(F)(F)F)ccc1F. The van der Waals surface area contributed by atoms with Crippen molar-refractivity contribution in [1.29, 1.82) is 0 Å². The first-order valence-electron chi connectivity index (χ1n) is 5.99. The zero-order chi connectivity index (χ0) is 15.6. The quantitative estimate of drug-likeness (QED) is 0.829. The van der Waals surface area contributed by atoms with Gasteiger partial charge in [-0.2, -0.15) is 13.2 Å². The molecule has 0 aliphatic carbocycles. The van der Waals surface area contributed by atoms with Crippen molar-refractivity contribution in [3.8, 4) is 0 Å². The highest BCUT2D eigenvalue weighted by atomic mass is 79.9. The number of halogens is 5. The summed E-state index contributed by atoms with van der Waals surface area (Å²) >= 11 is 3.23. The van der Waals surface area contributed by atoms with Gasteiger partial charge >= 0.3 is 6.18 Å². The van der Waals surface area contributed by atoms with Gasteiger partial charge in [0.05, 0.1) is 5.56 Å². The Balaban J connectivity index is 2.28. The third-order valence-corrected chi connectivity index (χ3v) is 3.37. The highest BCUT2D eigenvalue weighted by Crippen LogP contribution is 2.32. The predicted octanol–water partition coefficient (Wildman–Crippen LogP) is 4.24. The lowest BCUT2D eigenvalue weighted by Crippen LogP contribution is -2.17. The van der Waals surface area contributed by atoms with E-state index in [0.29, 0.717) is 11.6 Å². The first kappa shape index (κ1) is 15.9. The highest BCUT2D eigenvalue weighted by Gasteiger charge is 2.31. The van der Waals surface area contributed by atoms with E-state index in [1.807, 2.05) is 0 Å². The van der Waals surface area contributed by atoms with Gasteiger partial charge in [-0.25, -0.2) is 4.39 Å². The number of hydrogen-bond donors (Lipinski definition) is 1. The van der Waals surface area contributed by atoms with Gasteiger partial charge in [0, 0.05) is 28.5 Å². The van der Waals surface area contributed by atoms with Crippen molar-refractivity contribution >= 4 is 15.9 Å². The maximum Gasteiger partial charge on any atom is 0.416 e. The molecule has 1 heterocycles. The highest BCUT2D eigenvalue weighted by molar-refractivity contribution is 9.10. The van der Waals surface area contributed by atoms with Crippen molar-refractivity contribution in [2.24, 2.45) is 5.73 Å². The monoisotopic (exact) mass is 362 g/mol. The van der Waals surface area contributed by atoms with Crippen LogP contribution >= 0.6 is 15.9 Å². The van der Waals surface area contributed by atoms with Gasteiger partial charge in [0.2, 0.25) is 0 Å². The van der Waals surface area contributed by atoms with Gasteiger partial charge < -0.3 is 5.73 Å². The zero-order valence-electron chi connectivity index (χ0n) is 10.7. The lowest BCUT2D eigenvalue weighted by atomic mass is 9.98. The number of pyridine rings is 1. The summed E-state index contributed by atoms with van der Waals surface area (Å²) in [5, 5.41) is 0. The number of rotatable bonds is 3. The lowest BCUT2D eigenvalue weighted by Gasteiger charge is -2.15. The van der Waals surface area contributed by atoms with Crippen LogP contribution < -0.4 is 5.73 Å². The third-order valence-electron chi connectivity index (χ3n) is 2.94. The molecule has 0 saturated carbocycles. The molecule has 2 N–H and O–H groups in total. The summed E-state index contributed by atoms with van der Waals surface area (Å²) in [7, 11) is 0. The molecule has 1 aromatic heterocycles. The molecule has 7 heteroatoms. The molecule has 0 aliphatic heterocycles. The van der Waals surface area contributed by atoms with Crippen LogP contribution in [0.2, 0.25) is 0 Å². The first-order valence-corrected chi connectivity index (χ1v) is 6.78. The van der Waals surface area contributed by atoms with Crippen LogP contribution in [-0.4, -0.2) is 4.98 Å². The summed E-state index contributed by atoms with van der Waals surface area (Å²) in [5.74, 6) is -0.751. The Labute approximate surface area is 127 Å². The predicted molar refractivity (Wildman–Crippen MR) is 74.0 cm³/mol. The van der Waals surface area contributed by atoms with E-state index in [2.05, 4.69) is 20.9 Å². The van der Waals surface area contributed by atoms with E-state index >= 15 is 0 Å². The van der Waals surface area contributed by atoms with Crippen LogP contribution in [0.15, 0.2) is 41.1 Å². The Morgan fingerprint density at radius 3 is 2.52 bits per heavy atom. The second kappa shape index (κ2) is 6.11. The summed E-state index contributed by atoms with van der Waals surface area (Å²) in [6.07, 6.45) is -1.24. The topological polar surface area (TPSA) is 38.9 Å². The minimum atomic E-state index is -4.53. The number of benzene rings is 1. The fraction of sp³-hybridized carbons (Fsp3) is 0.214. The molecule has 0 spiro atoms. The average molecular weight is 363 g/mol. The molecule has 0 radical (unpaired) electrons. The van der Waals surface area contributed by atoms with E-state index in [-0.39, 0.29) is 12.0 Å². The first-order chi connectivity index (χ1) is 9.77. The van der Waals surface area contributed by atoms with Crippen LogP contribution in [0.1, 0.15) is 22.7 Å². The summed E-state index contributed by atoms with van der Waals surface area (Å²) in [6.45, 7) is 0. The van der Waals surface area contributed by atoms with Crippen LogP contribution in [0.5, 0.6) is 0 Å². The minimum absolute atomic E-state index is 0.162.